The Morgan fingerprint density at radius 3 is 2.60 bits per heavy atom. The zero-order valence-corrected chi connectivity index (χ0v) is 20.9. The Morgan fingerprint density at radius 2 is 1.91 bits per heavy atom. The molecule has 2 fully saturated rings. The lowest BCUT2D eigenvalue weighted by atomic mass is 9.86. The Bertz CT molecular complexity index is 945. The summed E-state index contributed by atoms with van der Waals surface area (Å²) in [6.07, 6.45) is 7.49. The Morgan fingerprint density at radius 1 is 1.14 bits per heavy atom. The fourth-order valence-corrected chi connectivity index (χ4v) is 5.46. The first-order valence-corrected chi connectivity index (χ1v) is 12.9. The molecule has 1 N–H and O–H groups in total. The fraction of sp³-hybridized carbons (Fsp3) is 0.593. The van der Waals surface area contributed by atoms with E-state index in [1.54, 1.807) is 6.07 Å². The van der Waals surface area contributed by atoms with E-state index in [4.69, 9.17) is 9.26 Å². The molecule has 8 nitrogen and oxygen atoms in total. The van der Waals surface area contributed by atoms with Crippen LogP contribution >= 0.6 is 0 Å². The summed E-state index contributed by atoms with van der Waals surface area (Å²) < 4.78 is 11.2. The Hall–Kier alpha value is -2.71. The van der Waals surface area contributed by atoms with Crippen molar-refractivity contribution in [3.8, 4) is 0 Å². The summed E-state index contributed by atoms with van der Waals surface area (Å²) in [6, 6.07) is 11.6. The molecular weight excluding hydrogens is 444 g/mol. The van der Waals surface area contributed by atoms with Crippen molar-refractivity contribution in [3.63, 3.8) is 0 Å². The lowest BCUT2D eigenvalue weighted by molar-refractivity contribution is -0.171. The van der Waals surface area contributed by atoms with Crippen LogP contribution in [0.1, 0.15) is 57.9 Å². The second kappa shape index (κ2) is 11.8. The van der Waals surface area contributed by atoms with E-state index in [9.17, 15) is 9.59 Å². The predicted molar refractivity (Wildman–Crippen MR) is 134 cm³/mol. The molecule has 8 heteroatoms. The summed E-state index contributed by atoms with van der Waals surface area (Å²) in [7, 11) is 0. The third-order valence-corrected chi connectivity index (χ3v) is 7.49. The lowest BCUT2D eigenvalue weighted by Crippen LogP contribution is -2.55. The molecule has 2 aliphatic heterocycles. The minimum absolute atomic E-state index is 0.152. The summed E-state index contributed by atoms with van der Waals surface area (Å²) in [5, 5.41) is 6.49. The number of carbonyl (C=O) groups is 2. The minimum Gasteiger partial charge on any atom is -0.459 e. The molecule has 0 spiro atoms. The molecule has 4 rings (SSSR count). The van der Waals surface area contributed by atoms with Gasteiger partial charge >= 0.3 is 5.97 Å². The molecule has 2 saturated heterocycles. The average Bonchev–Trinajstić information content (AvgIpc) is 3.39. The number of anilines is 1. The number of ether oxygens (including phenoxy) is 1. The molecule has 1 aromatic carbocycles. The molecule has 2 aliphatic rings. The van der Waals surface area contributed by atoms with Crippen LogP contribution in [0, 0.1) is 5.92 Å². The molecule has 0 radical (unpaired) electrons. The highest BCUT2D eigenvalue weighted by Crippen LogP contribution is 2.35. The standard InChI is InChI=1S/C27H38N4O4/c1-3-10-21-13-17-30(20-25(32)28-24-14-18-34-29-24)19-23(21)35-26(33)27(2,22-11-6-4-7-12-22)31-15-8-5-9-16-31/h4,6-7,11-12,14,18,21,23H,3,5,8-10,13,15-17,19-20H2,1-2H3,(H,28,29,32). The van der Waals surface area contributed by atoms with Gasteiger partial charge in [-0.3, -0.25) is 14.6 Å². The number of rotatable bonds is 9. The van der Waals surface area contributed by atoms with Crippen molar-refractivity contribution < 1.29 is 18.8 Å². The van der Waals surface area contributed by atoms with E-state index in [-0.39, 0.29) is 24.5 Å². The van der Waals surface area contributed by atoms with Gasteiger partial charge < -0.3 is 14.6 Å². The van der Waals surface area contributed by atoms with Crippen LogP contribution in [0.2, 0.25) is 0 Å². The third kappa shape index (κ3) is 6.11. The van der Waals surface area contributed by atoms with Crippen LogP contribution < -0.4 is 5.32 Å². The largest absolute Gasteiger partial charge is 0.459 e. The van der Waals surface area contributed by atoms with Gasteiger partial charge in [0.1, 0.15) is 17.9 Å². The summed E-state index contributed by atoms with van der Waals surface area (Å²) in [5.41, 5.74) is 0.143. The fourth-order valence-electron chi connectivity index (χ4n) is 5.46. The number of likely N-dealkylation sites (tertiary alicyclic amines) is 2. The van der Waals surface area contributed by atoms with Gasteiger partial charge in [0.25, 0.3) is 0 Å². The van der Waals surface area contributed by atoms with Crippen LogP contribution in [-0.4, -0.2) is 65.7 Å². The van der Waals surface area contributed by atoms with E-state index in [0.29, 0.717) is 18.3 Å². The molecule has 2 aromatic rings. The second-order valence-electron chi connectivity index (χ2n) is 9.94. The van der Waals surface area contributed by atoms with Crippen molar-refractivity contribution in [1.82, 2.24) is 15.0 Å². The number of aromatic nitrogens is 1. The second-order valence-corrected chi connectivity index (χ2v) is 9.94. The summed E-state index contributed by atoms with van der Waals surface area (Å²) in [4.78, 5) is 30.8. The van der Waals surface area contributed by atoms with Gasteiger partial charge in [0.2, 0.25) is 5.91 Å². The van der Waals surface area contributed by atoms with Crippen LogP contribution in [0.15, 0.2) is 47.2 Å². The summed E-state index contributed by atoms with van der Waals surface area (Å²) in [6.45, 7) is 7.52. The normalized spacial score (nSPS) is 23.4. The van der Waals surface area contributed by atoms with Gasteiger partial charge in [0, 0.05) is 12.6 Å². The van der Waals surface area contributed by atoms with Crippen LogP contribution in [0.3, 0.4) is 0 Å². The molecule has 190 valence electrons. The molecule has 0 saturated carbocycles. The number of esters is 1. The first-order chi connectivity index (χ1) is 17.0. The van der Waals surface area contributed by atoms with Gasteiger partial charge in [-0.15, -0.1) is 0 Å². The Balaban J connectivity index is 1.48. The van der Waals surface area contributed by atoms with Gasteiger partial charge in [0.05, 0.1) is 6.54 Å². The first-order valence-electron chi connectivity index (χ1n) is 12.9. The van der Waals surface area contributed by atoms with Crippen molar-refractivity contribution >= 4 is 17.7 Å². The molecule has 1 aromatic heterocycles. The maximum Gasteiger partial charge on any atom is 0.331 e. The topological polar surface area (TPSA) is 87.9 Å². The Labute approximate surface area is 208 Å². The maximum atomic E-state index is 13.9. The van der Waals surface area contributed by atoms with Gasteiger partial charge in [-0.05, 0) is 63.7 Å². The Kier molecular flexibility index (Phi) is 8.57. The lowest BCUT2D eigenvalue weighted by Gasteiger charge is -2.44. The molecule has 0 bridgehead atoms. The molecule has 3 heterocycles. The highest BCUT2D eigenvalue weighted by Gasteiger charge is 2.45. The van der Waals surface area contributed by atoms with Crippen LogP contribution in [0.25, 0.3) is 0 Å². The number of benzene rings is 1. The molecule has 0 aliphatic carbocycles. The first kappa shape index (κ1) is 25.4. The van der Waals surface area contributed by atoms with E-state index in [0.717, 1.165) is 57.3 Å². The zero-order chi connectivity index (χ0) is 24.7. The molecular formula is C27H38N4O4. The van der Waals surface area contributed by atoms with Crippen molar-refractivity contribution in [3.05, 3.63) is 48.2 Å². The number of carbonyl (C=O) groups excluding carboxylic acids is 2. The van der Waals surface area contributed by atoms with Crippen molar-refractivity contribution in [1.29, 1.82) is 0 Å². The molecule has 35 heavy (non-hydrogen) atoms. The van der Waals surface area contributed by atoms with E-state index in [2.05, 4.69) is 27.2 Å². The summed E-state index contributed by atoms with van der Waals surface area (Å²) in [5.74, 6) is 0.352. The number of amides is 1. The number of hydrogen-bond acceptors (Lipinski definition) is 7. The van der Waals surface area contributed by atoms with Crippen molar-refractivity contribution in [2.45, 2.75) is 64.0 Å². The van der Waals surface area contributed by atoms with Gasteiger partial charge in [-0.25, -0.2) is 4.79 Å². The number of nitrogens with one attached hydrogen (secondary N) is 1. The number of nitrogens with zero attached hydrogens (tertiary/aromatic N) is 3. The molecule has 1 amide bonds. The molecule has 3 atom stereocenters. The van der Waals surface area contributed by atoms with Gasteiger partial charge in [-0.2, -0.15) is 0 Å². The minimum atomic E-state index is -0.828. The highest BCUT2D eigenvalue weighted by atomic mass is 16.5. The SMILES string of the molecule is CCCC1CCN(CC(=O)Nc2ccon2)CC1OC(=O)C(C)(c1ccccc1)N1CCCCC1. The van der Waals surface area contributed by atoms with Crippen molar-refractivity contribution in [2.75, 3.05) is 38.0 Å². The predicted octanol–water partition coefficient (Wildman–Crippen LogP) is 4.05. The average molecular weight is 483 g/mol. The molecule has 3 unspecified atom stereocenters. The monoisotopic (exact) mass is 482 g/mol. The van der Waals surface area contributed by atoms with Gasteiger partial charge in [-0.1, -0.05) is 55.3 Å². The summed E-state index contributed by atoms with van der Waals surface area (Å²) >= 11 is 0. The highest BCUT2D eigenvalue weighted by molar-refractivity contribution is 5.91. The van der Waals surface area contributed by atoms with Crippen LogP contribution in [0.4, 0.5) is 5.82 Å². The van der Waals surface area contributed by atoms with Gasteiger partial charge in [0.15, 0.2) is 5.82 Å². The van der Waals surface area contributed by atoms with Crippen molar-refractivity contribution in [2.24, 2.45) is 5.92 Å². The van der Waals surface area contributed by atoms with Crippen LogP contribution in [-0.2, 0) is 19.9 Å². The number of piperidine rings is 2. The third-order valence-electron chi connectivity index (χ3n) is 7.49. The maximum absolute atomic E-state index is 13.9. The zero-order valence-electron chi connectivity index (χ0n) is 20.9. The van der Waals surface area contributed by atoms with E-state index in [1.807, 2.05) is 37.3 Å². The van der Waals surface area contributed by atoms with E-state index in [1.165, 1.54) is 12.7 Å². The number of hydrogen-bond donors (Lipinski definition) is 1. The van der Waals surface area contributed by atoms with E-state index >= 15 is 0 Å². The van der Waals surface area contributed by atoms with E-state index < -0.39 is 5.54 Å². The van der Waals surface area contributed by atoms with Crippen LogP contribution in [0.5, 0.6) is 0 Å². The quantitative estimate of drug-likeness (QED) is 0.540. The smallest absolute Gasteiger partial charge is 0.331 e.